The van der Waals surface area contributed by atoms with Crippen LogP contribution in [0.2, 0.25) is 0 Å². The first-order chi connectivity index (χ1) is 8.49. The van der Waals surface area contributed by atoms with Crippen LogP contribution in [0.1, 0.15) is 22.4 Å². The molecule has 0 aliphatic heterocycles. The first-order valence-corrected chi connectivity index (χ1v) is 6.81. The Morgan fingerprint density at radius 2 is 2.00 bits per heavy atom. The maximum absolute atomic E-state index is 5.79. The third-order valence-electron chi connectivity index (χ3n) is 3.34. The second-order valence-electron chi connectivity index (χ2n) is 4.70. The zero-order chi connectivity index (χ0) is 13.3. The fourth-order valence-corrected chi connectivity index (χ4v) is 2.76. The number of anilines is 1. The Bertz CT molecular complexity index is 573. The Labute approximate surface area is 116 Å². The molecule has 0 spiro atoms. The molecule has 3 nitrogen and oxygen atoms in total. The highest BCUT2D eigenvalue weighted by Gasteiger charge is 2.10. The Hall–Kier alpha value is -1.29. The lowest BCUT2D eigenvalue weighted by Gasteiger charge is -2.08. The summed E-state index contributed by atoms with van der Waals surface area (Å²) in [4.78, 5) is 4.22. The summed E-state index contributed by atoms with van der Waals surface area (Å²) in [5.41, 5.74) is 11.0. The number of imidazole rings is 1. The topological polar surface area (TPSA) is 43.8 Å². The predicted octanol–water partition coefficient (Wildman–Crippen LogP) is 3.17. The summed E-state index contributed by atoms with van der Waals surface area (Å²) < 4.78 is 2.79. The molecule has 0 aliphatic rings. The van der Waals surface area contributed by atoms with Gasteiger partial charge in [0, 0.05) is 7.05 Å². The van der Waals surface area contributed by atoms with E-state index in [-0.39, 0.29) is 0 Å². The summed E-state index contributed by atoms with van der Waals surface area (Å²) in [5, 5.41) is 0. The summed E-state index contributed by atoms with van der Waals surface area (Å²) in [6, 6.07) is 6.58. The Morgan fingerprint density at radius 1 is 1.28 bits per heavy atom. The monoisotopic (exact) mass is 307 g/mol. The van der Waals surface area contributed by atoms with E-state index in [4.69, 9.17) is 5.73 Å². The lowest BCUT2D eigenvalue weighted by molar-refractivity contribution is 0.801. The second kappa shape index (κ2) is 5.14. The van der Waals surface area contributed by atoms with E-state index >= 15 is 0 Å². The van der Waals surface area contributed by atoms with Crippen molar-refractivity contribution in [1.29, 1.82) is 0 Å². The van der Waals surface area contributed by atoms with E-state index in [1.807, 2.05) is 11.6 Å². The van der Waals surface area contributed by atoms with Gasteiger partial charge in [0.25, 0.3) is 0 Å². The Balaban J connectivity index is 2.19. The highest BCUT2D eigenvalue weighted by atomic mass is 79.9. The van der Waals surface area contributed by atoms with Crippen LogP contribution in [0.5, 0.6) is 0 Å². The van der Waals surface area contributed by atoms with Crippen molar-refractivity contribution in [3.63, 3.8) is 0 Å². The van der Waals surface area contributed by atoms with Crippen molar-refractivity contribution >= 4 is 21.9 Å². The molecule has 0 fully saturated rings. The number of rotatable bonds is 3. The lowest BCUT2D eigenvalue weighted by atomic mass is 10.0. The predicted molar refractivity (Wildman–Crippen MR) is 78.6 cm³/mol. The van der Waals surface area contributed by atoms with Crippen LogP contribution < -0.4 is 5.73 Å². The number of nitrogens with two attached hydrogens (primary N) is 1. The van der Waals surface area contributed by atoms with Crippen molar-refractivity contribution in [2.24, 2.45) is 7.05 Å². The molecule has 18 heavy (non-hydrogen) atoms. The fraction of sp³-hybridized carbons (Fsp3) is 0.357. The molecule has 0 saturated heterocycles. The van der Waals surface area contributed by atoms with Crippen LogP contribution in [-0.2, 0) is 19.9 Å². The summed E-state index contributed by atoms with van der Waals surface area (Å²) in [7, 11) is 1.95. The molecular weight excluding hydrogens is 290 g/mol. The summed E-state index contributed by atoms with van der Waals surface area (Å²) >= 11 is 3.46. The molecule has 0 saturated carbocycles. The van der Waals surface area contributed by atoms with Gasteiger partial charge in [0.1, 0.15) is 4.60 Å². The molecule has 0 radical (unpaired) electrons. The van der Waals surface area contributed by atoms with Crippen LogP contribution in [0.15, 0.2) is 22.8 Å². The molecule has 0 atom stereocenters. The van der Waals surface area contributed by atoms with Gasteiger partial charge >= 0.3 is 0 Å². The van der Waals surface area contributed by atoms with Crippen molar-refractivity contribution in [3.8, 4) is 0 Å². The first kappa shape index (κ1) is 13.1. The van der Waals surface area contributed by atoms with Crippen LogP contribution in [0.25, 0.3) is 0 Å². The summed E-state index contributed by atoms with van der Waals surface area (Å²) in [6.07, 6.45) is 1.94. The Morgan fingerprint density at radius 3 is 2.61 bits per heavy atom. The molecule has 1 heterocycles. The van der Waals surface area contributed by atoms with E-state index in [0.717, 1.165) is 23.1 Å². The van der Waals surface area contributed by atoms with Crippen LogP contribution >= 0.6 is 15.9 Å². The van der Waals surface area contributed by atoms with Gasteiger partial charge in [-0.1, -0.05) is 23.8 Å². The van der Waals surface area contributed by atoms with Gasteiger partial charge in [-0.15, -0.1) is 0 Å². The molecule has 0 amide bonds. The van der Waals surface area contributed by atoms with Gasteiger partial charge in [0.2, 0.25) is 5.95 Å². The van der Waals surface area contributed by atoms with Crippen LogP contribution in [0, 0.1) is 13.8 Å². The molecule has 0 unspecified atom stereocenters. The molecule has 96 valence electrons. The van der Waals surface area contributed by atoms with Crippen LogP contribution in [0.3, 0.4) is 0 Å². The van der Waals surface area contributed by atoms with E-state index in [2.05, 4.69) is 53.0 Å². The summed E-state index contributed by atoms with van der Waals surface area (Å²) in [5.74, 6) is 0.554. The maximum Gasteiger partial charge on any atom is 0.201 e. The van der Waals surface area contributed by atoms with Crippen LogP contribution in [-0.4, -0.2) is 9.55 Å². The number of aryl methyl sites for hydroxylation is 3. The van der Waals surface area contributed by atoms with Crippen molar-refractivity contribution in [3.05, 3.63) is 45.2 Å². The molecule has 1 aromatic carbocycles. The number of halogens is 1. The number of benzene rings is 1. The molecule has 0 bridgehead atoms. The normalized spacial score (nSPS) is 10.9. The van der Waals surface area contributed by atoms with Crippen LogP contribution in [0.4, 0.5) is 5.95 Å². The zero-order valence-corrected chi connectivity index (χ0v) is 12.6. The van der Waals surface area contributed by atoms with Crippen molar-refractivity contribution in [2.75, 3.05) is 5.73 Å². The minimum atomic E-state index is 0.554. The highest BCUT2D eigenvalue weighted by molar-refractivity contribution is 9.10. The molecule has 2 rings (SSSR count). The first-order valence-electron chi connectivity index (χ1n) is 6.01. The second-order valence-corrected chi connectivity index (χ2v) is 5.45. The van der Waals surface area contributed by atoms with E-state index in [1.54, 1.807) is 0 Å². The van der Waals surface area contributed by atoms with Gasteiger partial charge in [-0.05, 0) is 53.7 Å². The fourth-order valence-electron chi connectivity index (χ4n) is 2.11. The van der Waals surface area contributed by atoms with Gasteiger partial charge in [-0.3, -0.25) is 0 Å². The highest BCUT2D eigenvalue weighted by Crippen LogP contribution is 2.21. The molecule has 1 aromatic heterocycles. The third-order valence-corrected chi connectivity index (χ3v) is 3.97. The molecule has 0 aliphatic carbocycles. The summed E-state index contributed by atoms with van der Waals surface area (Å²) in [6.45, 7) is 4.28. The zero-order valence-electron chi connectivity index (χ0n) is 11.0. The lowest BCUT2D eigenvalue weighted by Crippen LogP contribution is -2.03. The number of nitrogen functional groups attached to an aromatic ring is 1. The van der Waals surface area contributed by atoms with Gasteiger partial charge < -0.3 is 10.3 Å². The van der Waals surface area contributed by atoms with E-state index in [0.29, 0.717) is 5.95 Å². The standard InChI is InChI=1S/C14H18BrN3/c1-9-4-5-10(2)11(8-9)6-7-12-13(15)17-14(16)18(12)3/h4-5,8H,6-7H2,1-3H3,(H2,16,17). The van der Waals surface area contributed by atoms with Crippen molar-refractivity contribution in [2.45, 2.75) is 26.7 Å². The average molecular weight is 308 g/mol. The average Bonchev–Trinajstić information content (AvgIpc) is 2.55. The van der Waals surface area contributed by atoms with E-state index in [1.165, 1.54) is 16.7 Å². The van der Waals surface area contributed by atoms with E-state index < -0.39 is 0 Å². The van der Waals surface area contributed by atoms with Gasteiger partial charge in [0.15, 0.2) is 0 Å². The SMILES string of the molecule is Cc1ccc(C)c(CCc2c(Br)nc(N)n2C)c1. The molecule has 2 aromatic rings. The van der Waals surface area contributed by atoms with Crippen molar-refractivity contribution in [1.82, 2.24) is 9.55 Å². The number of hydrogen-bond donors (Lipinski definition) is 1. The third kappa shape index (κ3) is 2.58. The number of hydrogen-bond acceptors (Lipinski definition) is 2. The van der Waals surface area contributed by atoms with Gasteiger partial charge in [0.05, 0.1) is 5.69 Å². The quantitative estimate of drug-likeness (QED) is 0.946. The van der Waals surface area contributed by atoms with E-state index in [9.17, 15) is 0 Å². The maximum atomic E-state index is 5.79. The number of aromatic nitrogens is 2. The smallest absolute Gasteiger partial charge is 0.201 e. The van der Waals surface area contributed by atoms with Gasteiger partial charge in [-0.25, -0.2) is 4.98 Å². The Kier molecular flexibility index (Phi) is 3.76. The molecular formula is C14H18BrN3. The van der Waals surface area contributed by atoms with Gasteiger partial charge in [-0.2, -0.15) is 0 Å². The molecule has 2 N–H and O–H groups in total. The largest absolute Gasteiger partial charge is 0.369 e. The number of nitrogens with zero attached hydrogens (tertiary/aromatic N) is 2. The molecule has 4 heteroatoms. The van der Waals surface area contributed by atoms with Crippen molar-refractivity contribution < 1.29 is 0 Å². The minimum Gasteiger partial charge on any atom is -0.369 e. The minimum absolute atomic E-state index is 0.554.